The zero-order valence-corrected chi connectivity index (χ0v) is 8.61. The molecule has 0 aliphatic carbocycles. The lowest BCUT2D eigenvalue weighted by molar-refractivity contribution is 0.855. The van der Waals surface area contributed by atoms with Crippen LogP contribution in [-0.2, 0) is 0 Å². The van der Waals surface area contributed by atoms with Crippen LogP contribution in [0.2, 0.25) is 18.1 Å². The third-order valence-electron chi connectivity index (χ3n) is 2.44. The van der Waals surface area contributed by atoms with Crippen LogP contribution < -0.4 is 5.40 Å². The Bertz CT molecular complexity index is 79.3. The van der Waals surface area contributed by atoms with E-state index in [1.165, 1.54) is 31.0 Å². The molecular formula is C8H21NSi. The summed E-state index contributed by atoms with van der Waals surface area (Å²) in [6.07, 6.45) is 2.64. The quantitative estimate of drug-likeness (QED) is 0.613. The summed E-state index contributed by atoms with van der Waals surface area (Å²) in [5.41, 5.74) is 0. The predicted molar refractivity (Wildman–Crippen MR) is 50.6 cm³/mol. The molecule has 1 nitrogen and oxygen atoms in total. The highest BCUT2D eigenvalue weighted by atomic mass is 28.3. The van der Waals surface area contributed by atoms with E-state index in [1.54, 1.807) is 0 Å². The minimum atomic E-state index is -1.22. The van der Waals surface area contributed by atoms with E-state index in [9.17, 15) is 0 Å². The van der Waals surface area contributed by atoms with Gasteiger partial charge in [0.05, 0.1) is 0 Å². The van der Waals surface area contributed by atoms with Crippen molar-refractivity contribution in [3.8, 4) is 0 Å². The lowest BCUT2D eigenvalue weighted by Crippen LogP contribution is -2.43. The highest BCUT2D eigenvalue weighted by Crippen LogP contribution is 2.16. The van der Waals surface area contributed by atoms with Crippen molar-refractivity contribution >= 4 is 8.24 Å². The molecule has 0 atom stereocenters. The first kappa shape index (κ1) is 10.2. The van der Waals surface area contributed by atoms with Crippen LogP contribution in [0.15, 0.2) is 0 Å². The average molecular weight is 159 g/mol. The Morgan fingerprint density at radius 2 is 1.60 bits per heavy atom. The van der Waals surface area contributed by atoms with Gasteiger partial charge in [0.2, 0.25) is 0 Å². The monoisotopic (exact) mass is 159 g/mol. The lowest BCUT2D eigenvalue weighted by Gasteiger charge is -2.22. The van der Waals surface area contributed by atoms with Gasteiger partial charge in [-0.1, -0.05) is 33.6 Å². The molecule has 0 fully saturated rings. The van der Waals surface area contributed by atoms with Gasteiger partial charge in [0.1, 0.15) is 8.24 Å². The van der Waals surface area contributed by atoms with Crippen LogP contribution >= 0.6 is 0 Å². The second-order valence-electron chi connectivity index (χ2n) is 3.17. The van der Waals surface area contributed by atoms with Crippen LogP contribution in [0.5, 0.6) is 0 Å². The third kappa shape index (κ3) is 3.37. The Morgan fingerprint density at radius 3 is 1.90 bits per heavy atom. The molecule has 0 aromatic carbocycles. The summed E-state index contributed by atoms with van der Waals surface area (Å²) in [7, 11) is -1.22. The van der Waals surface area contributed by atoms with Gasteiger partial charge in [-0.15, -0.1) is 0 Å². The van der Waals surface area contributed by atoms with Gasteiger partial charge in [-0.25, -0.2) is 0 Å². The van der Waals surface area contributed by atoms with Crippen LogP contribution in [0.25, 0.3) is 0 Å². The first-order valence-corrected chi connectivity index (χ1v) is 7.17. The fourth-order valence-corrected chi connectivity index (χ4v) is 3.40. The Morgan fingerprint density at radius 1 is 1.10 bits per heavy atom. The molecule has 0 aliphatic heterocycles. The summed E-state index contributed by atoms with van der Waals surface area (Å²) >= 11 is 0. The molecule has 0 aromatic heterocycles. The van der Waals surface area contributed by atoms with Crippen LogP contribution in [0.3, 0.4) is 0 Å². The zero-order valence-electron chi connectivity index (χ0n) is 7.61. The fourth-order valence-electron chi connectivity index (χ4n) is 1.13. The number of unbranched alkanes of at least 4 members (excludes halogenated alkanes) is 1. The lowest BCUT2D eigenvalue weighted by atomic mass is 10.4. The highest BCUT2D eigenvalue weighted by Gasteiger charge is 2.21. The second kappa shape index (κ2) is 4.91. The van der Waals surface area contributed by atoms with E-state index < -0.39 is 8.24 Å². The summed E-state index contributed by atoms with van der Waals surface area (Å²) < 4.78 is 0. The van der Waals surface area contributed by atoms with Gasteiger partial charge in [-0.05, 0) is 18.1 Å². The molecule has 0 saturated heterocycles. The van der Waals surface area contributed by atoms with Crippen molar-refractivity contribution < 1.29 is 0 Å². The van der Waals surface area contributed by atoms with Crippen LogP contribution in [0.4, 0.5) is 0 Å². The molecule has 2 N–H and O–H groups in total. The molecule has 0 unspecified atom stereocenters. The summed E-state index contributed by atoms with van der Waals surface area (Å²) in [6, 6.07) is 3.84. The van der Waals surface area contributed by atoms with E-state index in [-0.39, 0.29) is 0 Å². The molecule has 0 aliphatic rings. The Balaban J connectivity index is 3.58. The van der Waals surface area contributed by atoms with Gasteiger partial charge in [0.25, 0.3) is 0 Å². The zero-order chi connectivity index (χ0) is 8.04. The topological polar surface area (TPSA) is 26.0 Å². The molecule has 62 valence electrons. The maximum atomic E-state index is 6.22. The second-order valence-corrected chi connectivity index (χ2v) is 7.81. The van der Waals surface area contributed by atoms with Gasteiger partial charge in [-0.3, -0.25) is 0 Å². The SMILES string of the molecule is CCCC[Si](N)(CC)CC. The van der Waals surface area contributed by atoms with E-state index in [0.29, 0.717) is 0 Å². The number of nitrogens with two attached hydrogens (primary N) is 1. The van der Waals surface area contributed by atoms with E-state index in [1.807, 2.05) is 0 Å². The van der Waals surface area contributed by atoms with Crippen molar-refractivity contribution in [2.24, 2.45) is 5.40 Å². The minimum absolute atomic E-state index is 1.22. The van der Waals surface area contributed by atoms with E-state index in [4.69, 9.17) is 5.40 Å². The molecule has 0 rings (SSSR count). The van der Waals surface area contributed by atoms with Gasteiger partial charge < -0.3 is 5.40 Å². The van der Waals surface area contributed by atoms with E-state index in [0.717, 1.165) is 0 Å². The van der Waals surface area contributed by atoms with E-state index in [2.05, 4.69) is 20.8 Å². The van der Waals surface area contributed by atoms with Crippen molar-refractivity contribution in [1.82, 2.24) is 0 Å². The van der Waals surface area contributed by atoms with Gasteiger partial charge >= 0.3 is 0 Å². The maximum absolute atomic E-state index is 6.22. The molecule has 0 radical (unpaired) electrons. The Labute approximate surface area is 66.1 Å². The standard InChI is InChI=1S/C8H21NSi/c1-4-7-8-10(9,5-2)6-3/h4-9H2,1-3H3. The molecule has 0 amide bonds. The summed E-state index contributed by atoms with van der Waals surface area (Å²) in [5.74, 6) is 0. The molecular weight excluding hydrogens is 138 g/mol. The molecule has 0 aromatic rings. The first-order chi connectivity index (χ1) is 4.68. The summed E-state index contributed by atoms with van der Waals surface area (Å²) in [6.45, 7) is 6.72. The average Bonchev–Trinajstić information content (AvgIpc) is 2.00. The van der Waals surface area contributed by atoms with Crippen molar-refractivity contribution in [1.29, 1.82) is 0 Å². The van der Waals surface area contributed by atoms with Crippen molar-refractivity contribution in [2.75, 3.05) is 0 Å². The Kier molecular flexibility index (Phi) is 5.00. The van der Waals surface area contributed by atoms with Crippen molar-refractivity contribution in [3.05, 3.63) is 0 Å². The molecule has 2 heteroatoms. The van der Waals surface area contributed by atoms with Crippen LogP contribution in [0.1, 0.15) is 33.6 Å². The van der Waals surface area contributed by atoms with Crippen molar-refractivity contribution in [3.63, 3.8) is 0 Å². The van der Waals surface area contributed by atoms with Gasteiger partial charge in [0, 0.05) is 0 Å². The van der Waals surface area contributed by atoms with Gasteiger partial charge in [-0.2, -0.15) is 0 Å². The van der Waals surface area contributed by atoms with Crippen LogP contribution in [0, 0.1) is 0 Å². The molecule has 0 bridgehead atoms. The molecule has 0 heterocycles. The number of rotatable bonds is 5. The van der Waals surface area contributed by atoms with Crippen LogP contribution in [-0.4, -0.2) is 8.24 Å². The summed E-state index contributed by atoms with van der Waals surface area (Å²) in [4.78, 5) is 0. The van der Waals surface area contributed by atoms with E-state index >= 15 is 0 Å². The third-order valence-corrected chi connectivity index (χ3v) is 6.60. The largest absolute Gasteiger partial charge is 0.351 e. The fraction of sp³-hybridized carbons (Fsp3) is 1.00. The molecule has 0 spiro atoms. The van der Waals surface area contributed by atoms with Crippen molar-refractivity contribution in [2.45, 2.75) is 51.7 Å². The summed E-state index contributed by atoms with van der Waals surface area (Å²) in [5, 5.41) is 6.22. The molecule has 0 saturated carbocycles. The minimum Gasteiger partial charge on any atom is -0.351 e. The molecule has 10 heavy (non-hydrogen) atoms. The highest BCUT2D eigenvalue weighted by molar-refractivity contribution is 6.76. The maximum Gasteiger partial charge on any atom is 0.122 e. The number of hydrogen-bond acceptors (Lipinski definition) is 1. The normalized spacial score (nSPS) is 12.0. The predicted octanol–water partition coefficient (Wildman–Crippen LogP) is 2.73. The Hall–Kier alpha value is 0.177. The van der Waals surface area contributed by atoms with Gasteiger partial charge in [0.15, 0.2) is 0 Å². The first-order valence-electron chi connectivity index (χ1n) is 4.47. The smallest absolute Gasteiger partial charge is 0.122 e. The number of hydrogen-bond donors (Lipinski definition) is 1.